The number of rotatable bonds is 2. The van der Waals surface area contributed by atoms with Crippen LogP contribution in [-0.4, -0.2) is 16.0 Å². The van der Waals surface area contributed by atoms with Gasteiger partial charge in [-0.05, 0) is 36.8 Å². The highest BCUT2D eigenvalue weighted by Crippen LogP contribution is 2.38. The Morgan fingerprint density at radius 1 is 1.27 bits per heavy atom. The Balaban J connectivity index is 2.00. The van der Waals surface area contributed by atoms with Crippen molar-refractivity contribution in [1.82, 2.24) is 4.98 Å². The summed E-state index contributed by atoms with van der Waals surface area (Å²) in [6.45, 7) is 1.82. The van der Waals surface area contributed by atoms with Crippen molar-refractivity contribution in [2.45, 2.75) is 6.92 Å². The highest BCUT2D eigenvalue weighted by atomic mass is 35.5. The van der Waals surface area contributed by atoms with Crippen LogP contribution in [0.15, 0.2) is 34.5 Å². The number of carbonyl (C=O) groups is 1. The van der Waals surface area contributed by atoms with Gasteiger partial charge in [-0.3, -0.25) is 4.79 Å². The van der Waals surface area contributed by atoms with Crippen molar-refractivity contribution in [2.75, 3.05) is 0 Å². The Labute approximate surface area is 139 Å². The van der Waals surface area contributed by atoms with E-state index in [0.717, 1.165) is 16.9 Å². The number of aromatic hydroxyl groups is 1. The second-order valence-electron chi connectivity index (χ2n) is 4.53. The van der Waals surface area contributed by atoms with E-state index in [9.17, 15) is 9.90 Å². The molecule has 0 aliphatic carbocycles. The fraction of sp³-hybridized carbons (Fsp3) is 0.0714. The number of halogens is 2. The minimum atomic E-state index is -0.517. The number of hydrogen-bond donors (Lipinski definition) is 2. The maximum atomic E-state index is 11.9. The molecule has 0 fully saturated rings. The molecule has 0 bridgehead atoms. The van der Waals surface area contributed by atoms with Gasteiger partial charge in [0.1, 0.15) is 0 Å². The molecule has 0 aliphatic rings. The predicted octanol–water partition coefficient (Wildman–Crippen LogP) is 5.47. The molecule has 0 aliphatic heterocycles. The predicted molar refractivity (Wildman–Crippen MR) is 87.9 cm³/mol. The summed E-state index contributed by atoms with van der Waals surface area (Å²) in [6.07, 6.45) is 0. The molecule has 0 unspecified atom stereocenters. The Morgan fingerprint density at radius 3 is 2.73 bits per heavy atom. The minimum absolute atomic E-state index is 0.166. The Morgan fingerprint density at radius 2 is 2.05 bits per heavy atom. The SMILES string of the molecule is Cc1c(Cl)ccc2c(N=NC(=O)c3ccc(Cl)s3)c(O)[nH]c12. The molecule has 0 spiro atoms. The maximum Gasteiger partial charge on any atom is 0.305 e. The van der Waals surface area contributed by atoms with Gasteiger partial charge in [0.15, 0.2) is 5.69 Å². The molecule has 5 nitrogen and oxygen atoms in total. The van der Waals surface area contributed by atoms with E-state index < -0.39 is 5.91 Å². The molecule has 1 aromatic carbocycles. The third-order valence-electron chi connectivity index (χ3n) is 3.15. The van der Waals surface area contributed by atoms with Gasteiger partial charge in [-0.1, -0.05) is 23.2 Å². The number of aromatic nitrogens is 1. The number of azo groups is 1. The molecule has 0 atom stereocenters. The van der Waals surface area contributed by atoms with Crippen molar-refractivity contribution in [1.29, 1.82) is 0 Å². The lowest BCUT2D eigenvalue weighted by atomic mass is 10.1. The number of nitrogens with zero attached hydrogens (tertiary/aromatic N) is 2. The molecule has 2 N–H and O–H groups in total. The van der Waals surface area contributed by atoms with E-state index in [-0.39, 0.29) is 11.6 Å². The summed E-state index contributed by atoms with van der Waals surface area (Å²) < 4.78 is 0.499. The molecule has 0 saturated carbocycles. The van der Waals surface area contributed by atoms with Gasteiger partial charge in [-0.25, -0.2) is 0 Å². The molecule has 3 aromatic rings. The Hall–Kier alpha value is -1.89. The lowest BCUT2D eigenvalue weighted by Gasteiger charge is -1.98. The van der Waals surface area contributed by atoms with Gasteiger partial charge in [0, 0.05) is 10.4 Å². The molecule has 112 valence electrons. The van der Waals surface area contributed by atoms with Gasteiger partial charge >= 0.3 is 5.91 Å². The number of aromatic amines is 1. The minimum Gasteiger partial charge on any atom is -0.493 e. The monoisotopic (exact) mass is 353 g/mol. The van der Waals surface area contributed by atoms with Crippen LogP contribution in [0.4, 0.5) is 5.69 Å². The van der Waals surface area contributed by atoms with Gasteiger partial charge < -0.3 is 10.1 Å². The quantitative estimate of drug-likeness (QED) is 0.598. The summed E-state index contributed by atoms with van der Waals surface area (Å²) >= 11 is 12.9. The van der Waals surface area contributed by atoms with Crippen LogP contribution in [0.2, 0.25) is 9.36 Å². The van der Waals surface area contributed by atoms with Crippen LogP contribution < -0.4 is 0 Å². The smallest absolute Gasteiger partial charge is 0.305 e. The molecule has 22 heavy (non-hydrogen) atoms. The van der Waals surface area contributed by atoms with Crippen molar-refractivity contribution in [3.63, 3.8) is 0 Å². The number of benzene rings is 1. The molecular formula is C14H9Cl2N3O2S. The second kappa shape index (κ2) is 5.72. The zero-order valence-electron chi connectivity index (χ0n) is 11.2. The van der Waals surface area contributed by atoms with E-state index in [1.54, 1.807) is 24.3 Å². The fourth-order valence-electron chi connectivity index (χ4n) is 2.02. The van der Waals surface area contributed by atoms with Crippen LogP contribution in [0.1, 0.15) is 15.2 Å². The zero-order valence-corrected chi connectivity index (χ0v) is 13.6. The number of aryl methyl sites for hydroxylation is 1. The van der Waals surface area contributed by atoms with E-state index in [0.29, 0.717) is 25.1 Å². The first-order valence-corrected chi connectivity index (χ1v) is 7.75. The van der Waals surface area contributed by atoms with Crippen LogP contribution in [0, 0.1) is 6.92 Å². The van der Waals surface area contributed by atoms with Crippen LogP contribution in [0.3, 0.4) is 0 Å². The number of hydrogen-bond acceptors (Lipinski definition) is 4. The van der Waals surface area contributed by atoms with E-state index in [1.165, 1.54) is 0 Å². The normalized spacial score (nSPS) is 11.6. The Bertz CT molecular complexity index is 914. The lowest BCUT2D eigenvalue weighted by molar-refractivity contribution is 0.0999. The Kier molecular flexibility index (Phi) is 3.90. The second-order valence-corrected chi connectivity index (χ2v) is 6.65. The van der Waals surface area contributed by atoms with Crippen LogP contribution >= 0.6 is 34.5 Å². The molecule has 2 aromatic heterocycles. The summed E-state index contributed by atoms with van der Waals surface area (Å²) in [5, 5.41) is 18.7. The number of fused-ring (bicyclic) bond motifs is 1. The van der Waals surface area contributed by atoms with E-state index in [1.807, 2.05) is 6.92 Å². The standard InChI is InChI=1S/C14H9Cl2N3O2S/c1-6-8(15)3-2-7-11(6)17-14(21)12(7)18-19-13(20)9-4-5-10(16)22-9/h2-5,17,21H,1H3. The van der Waals surface area contributed by atoms with E-state index >= 15 is 0 Å². The van der Waals surface area contributed by atoms with E-state index in [2.05, 4.69) is 15.2 Å². The number of H-pyrrole nitrogens is 1. The van der Waals surface area contributed by atoms with Gasteiger partial charge in [-0.2, -0.15) is 0 Å². The topological polar surface area (TPSA) is 77.8 Å². The first-order valence-electron chi connectivity index (χ1n) is 6.18. The average Bonchev–Trinajstić information content (AvgIpc) is 3.05. The first-order chi connectivity index (χ1) is 10.5. The number of amides is 1. The highest BCUT2D eigenvalue weighted by Gasteiger charge is 2.14. The molecule has 3 rings (SSSR count). The van der Waals surface area contributed by atoms with Gasteiger partial charge in [-0.15, -0.1) is 21.6 Å². The summed E-state index contributed by atoms with van der Waals surface area (Å²) in [6, 6.07) is 6.60. The first kappa shape index (κ1) is 15.0. The maximum absolute atomic E-state index is 11.9. The van der Waals surface area contributed by atoms with Crippen molar-refractivity contribution in [3.05, 3.63) is 44.1 Å². The molecular weight excluding hydrogens is 345 g/mol. The van der Waals surface area contributed by atoms with Crippen LogP contribution in [-0.2, 0) is 0 Å². The third kappa shape index (κ3) is 2.61. The highest BCUT2D eigenvalue weighted by molar-refractivity contribution is 7.18. The van der Waals surface area contributed by atoms with Gasteiger partial charge in [0.25, 0.3) is 0 Å². The van der Waals surface area contributed by atoms with Crippen molar-refractivity contribution >= 4 is 57.0 Å². The lowest BCUT2D eigenvalue weighted by Crippen LogP contribution is -1.87. The van der Waals surface area contributed by atoms with Crippen molar-refractivity contribution in [3.8, 4) is 5.88 Å². The fourth-order valence-corrected chi connectivity index (χ4v) is 3.11. The summed E-state index contributed by atoms with van der Waals surface area (Å²) in [5.41, 5.74) is 1.64. The molecule has 8 heteroatoms. The number of nitrogens with one attached hydrogen (secondary N) is 1. The van der Waals surface area contributed by atoms with Crippen molar-refractivity contribution in [2.24, 2.45) is 10.2 Å². The number of thiophene rings is 1. The van der Waals surface area contributed by atoms with Gasteiger partial charge in [0.05, 0.1) is 14.7 Å². The van der Waals surface area contributed by atoms with Crippen LogP contribution in [0.25, 0.3) is 10.9 Å². The molecule has 0 saturated heterocycles. The largest absolute Gasteiger partial charge is 0.493 e. The molecule has 1 amide bonds. The average molecular weight is 354 g/mol. The van der Waals surface area contributed by atoms with Crippen LogP contribution in [0.5, 0.6) is 5.88 Å². The van der Waals surface area contributed by atoms with Gasteiger partial charge in [0.2, 0.25) is 5.88 Å². The summed E-state index contributed by atoms with van der Waals surface area (Å²) in [4.78, 5) is 15.1. The van der Waals surface area contributed by atoms with E-state index in [4.69, 9.17) is 23.2 Å². The number of carbonyl (C=O) groups excluding carboxylic acids is 1. The van der Waals surface area contributed by atoms with Crippen molar-refractivity contribution < 1.29 is 9.90 Å². The third-order valence-corrected chi connectivity index (χ3v) is 4.78. The molecule has 2 heterocycles. The molecule has 0 radical (unpaired) electrons. The summed E-state index contributed by atoms with van der Waals surface area (Å²) in [5.74, 6) is -0.683. The summed E-state index contributed by atoms with van der Waals surface area (Å²) in [7, 11) is 0. The zero-order chi connectivity index (χ0) is 15.9.